The standard InChI is InChI=1S/C15H18O3/c1-9-4-3-5-13(10(9)2)14(16)11-6-7-12(8-11)15(17)18/h3-5,11-12H,6-8H2,1-2H3,(H,17,18)/t11-,12+/m1/s1. The predicted molar refractivity (Wildman–Crippen MR) is 68.7 cm³/mol. The molecule has 3 nitrogen and oxygen atoms in total. The van der Waals surface area contributed by atoms with Gasteiger partial charge < -0.3 is 5.11 Å². The maximum atomic E-state index is 12.4. The van der Waals surface area contributed by atoms with Crippen LogP contribution in [-0.2, 0) is 4.79 Å². The van der Waals surface area contributed by atoms with E-state index in [0.29, 0.717) is 19.3 Å². The summed E-state index contributed by atoms with van der Waals surface area (Å²) in [6.07, 6.45) is 1.81. The number of Topliss-reactive ketones (excluding diaryl/α,β-unsaturated/α-hetero) is 1. The molecule has 0 spiro atoms. The highest BCUT2D eigenvalue weighted by Gasteiger charge is 2.34. The third kappa shape index (κ3) is 2.30. The second-order valence-corrected chi connectivity index (χ2v) is 5.16. The fraction of sp³-hybridized carbons (Fsp3) is 0.467. The first-order valence-corrected chi connectivity index (χ1v) is 6.34. The summed E-state index contributed by atoms with van der Waals surface area (Å²) in [6, 6.07) is 5.72. The molecule has 2 rings (SSSR count). The summed E-state index contributed by atoms with van der Waals surface area (Å²) in [5, 5.41) is 8.97. The van der Waals surface area contributed by atoms with Crippen LogP contribution in [-0.4, -0.2) is 16.9 Å². The average Bonchev–Trinajstić information content (AvgIpc) is 2.81. The number of aryl methyl sites for hydroxylation is 1. The molecular formula is C15H18O3. The van der Waals surface area contributed by atoms with Gasteiger partial charge in [0.15, 0.2) is 5.78 Å². The summed E-state index contributed by atoms with van der Waals surface area (Å²) in [4.78, 5) is 23.3. The Morgan fingerprint density at radius 2 is 1.83 bits per heavy atom. The van der Waals surface area contributed by atoms with Crippen LogP contribution in [0.3, 0.4) is 0 Å². The Balaban J connectivity index is 2.18. The molecule has 18 heavy (non-hydrogen) atoms. The van der Waals surface area contributed by atoms with Crippen molar-refractivity contribution in [1.82, 2.24) is 0 Å². The highest BCUT2D eigenvalue weighted by molar-refractivity contribution is 5.99. The van der Waals surface area contributed by atoms with Gasteiger partial charge in [0.2, 0.25) is 0 Å². The second-order valence-electron chi connectivity index (χ2n) is 5.16. The predicted octanol–water partition coefficient (Wildman–Crippen LogP) is 2.99. The number of carbonyl (C=O) groups excluding carboxylic acids is 1. The Kier molecular flexibility index (Phi) is 3.50. The zero-order valence-electron chi connectivity index (χ0n) is 10.8. The number of hydrogen-bond donors (Lipinski definition) is 1. The summed E-state index contributed by atoms with van der Waals surface area (Å²) in [6.45, 7) is 3.94. The van der Waals surface area contributed by atoms with E-state index in [4.69, 9.17) is 5.11 Å². The van der Waals surface area contributed by atoms with E-state index >= 15 is 0 Å². The fourth-order valence-electron chi connectivity index (χ4n) is 2.68. The third-order valence-electron chi connectivity index (χ3n) is 4.02. The largest absolute Gasteiger partial charge is 0.481 e. The van der Waals surface area contributed by atoms with Crippen LogP contribution in [0, 0.1) is 25.7 Å². The number of aliphatic carboxylic acids is 1. The van der Waals surface area contributed by atoms with Gasteiger partial charge in [-0.1, -0.05) is 18.2 Å². The molecule has 1 aromatic carbocycles. The minimum Gasteiger partial charge on any atom is -0.481 e. The summed E-state index contributed by atoms with van der Waals surface area (Å²) in [5.74, 6) is -1.12. The van der Waals surface area contributed by atoms with Gasteiger partial charge in [0.25, 0.3) is 0 Å². The van der Waals surface area contributed by atoms with Crippen LogP contribution in [0.1, 0.15) is 40.7 Å². The molecule has 0 radical (unpaired) electrons. The van der Waals surface area contributed by atoms with E-state index in [-0.39, 0.29) is 17.6 Å². The maximum Gasteiger partial charge on any atom is 0.306 e. The first kappa shape index (κ1) is 12.8. The van der Waals surface area contributed by atoms with Crippen LogP contribution in [0.2, 0.25) is 0 Å². The number of rotatable bonds is 3. The monoisotopic (exact) mass is 246 g/mol. The zero-order chi connectivity index (χ0) is 13.3. The van der Waals surface area contributed by atoms with Gasteiger partial charge in [0.05, 0.1) is 5.92 Å². The molecule has 1 N–H and O–H groups in total. The van der Waals surface area contributed by atoms with E-state index in [0.717, 1.165) is 16.7 Å². The summed E-state index contributed by atoms with van der Waals surface area (Å²) >= 11 is 0. The van der Waals surface area contributed by atoms with Gasteiger partial charge in [-0.25, -0.2) is 0 Å². The van der Waals surface area contributed by atoms with Crippen molar-refractivity contribution in [2.45, 2.75) is 33.1 Å². The molecule has 0 bridgehead atoms. The lowest BCUT2D eigenvalue weighted by molar-refractivity contribution is -0.141. The Labute approximate surface area is 107 Å². The first-order chi connectivity index (χ1) is 8.50. The van der Waals surface area contributed by atoms with Crippen LogP contribution in [0.15, 0.2) is 18.2 Å². The average molecular weight is 246 g/mol. The van der Waals surface area contributed by atoms with Crippen LogP contribution in [0.25, 0.3) is 0 Å². The SMILES string of the molecule is Cc1cccc(C(=O)[C@@H]2CC[C@H](C(=O)O)C2)c1C. The Hall–Kier alpha value is -1.64. The molecule has 0 amide bonds. The molecule has 2 atom stereocenters. The van der Waals surface area contributed by atoms with Gasteiger partial charge in [-0.2, -0.15) is 0 Å². The van der Waals surface area contributed by atoms with Gasteiger partial charge in [-0.3, -0.25) is 9.59 Å². The van der Waals surface area contributed by atoms with Crippen molar-refractivity contribution >= 4 is 11.8 Å². The second kappa shape index (κ2) is 4.92. The number of carboxylic acids is 1. The zero-order valence-corrected chi connectivity index (χ0v) is 10.8. The molecule has 0 aliphatic heterocycles. The maximum absolute atomic E-state index is 12.4. The molecule has 1 aromatic rings. The van der Waals surface area contributed by atoms with E-state index in [1.54, 1.807) is 0 Å². The van der Waals surface area contributed by atoms with Gasteiger partial charge in [0, 0.05) is 11.5 Å². The number of benzene rings is 1. The van der Waals surface area contributed by atoms with Crippen LogP contribution in [0.4, 0.5) is 0 Å². The quantitative estimate of drug-likeness (QED) is 0.834. The summed E-state index contributed by atoms with van der Waals surface area (Å²) < 4.78 is 0. The van der Waals surface area contributed by atoms with Gasteiger partial charge >= 0.3 is 5.97 Å². The smallest absolute Gasteiger partial charge is 0.306 e. The Morgan fingerprint density at radius 3 is 2.44 bits per heavy atom. The van der Waals surface area contributed by atoms with Crippen molar-refractivity contribution in [2.24, 2.45) is 11.8 Å². The lowest BCUT2D eigenvalue weighted by Gasteiger charge is -2.12. The number of carboxylic acid groups (broad SMARTS) is 1. The van der Waals surface area contributed by atoms with E-state index in [1.807, 2.05) is 32.0 Å². The van der Waals surface area contributed by atoms with Gasteiger partial charge in [0.1, 0.15) is 0 Å². The van der Waals surface area contributed by atoms with Crippen molar-refractivity contribution < 1.29 is 14.7 Å². The molecule has 0 unspecified atom stereocenters. The van der Waals surface area contributed by atoms with Crippen molar-refractivity contribution in [2.75, 3.05) is 0 Å². The van der Waals surface area contributed by atoms with Crippen molar-refractivity contribution in [3.8, 4) is 0 Å². The number of carbonyl (C=O) groups is 2. The van der Waals surface area contributed by atoms with Crippen LogP contribution >= 0.6 is 0 Å². The molecule has 1 aliphatic rings. The summed E-state index contributed by atoms with van der Waals surface area (Å²) in [7, 11) is 0. The van der Waals surface area contributed by atoms with Gasteiger partial charge in [-0.05, 0) is 44.2 Å². The molecule has 1 saturated carbocycles. The fourth-order valence-corrected chi connectivity index (χ4v) is 2.68. The molecule has 0 saturated heterocycles. The molecule has 0 aromatic heterocycles. The lowest BCUT2D eigenvalue weighted by atomic mass is 9.91. The highest BCUT2D eigenvalue weighted by atomic mass is 16.4. The van der Waals surface area contributed by atoms with Gasteiger partial charge in [-0.15, -0.1) is 0 Å². The molecule has 96 valence electrons. The number of hydrogen-bond acceptors (Lipinski definition) is 2. The van der Waals surface area contributed by atoms with E-state index in [2.05, 4.69) is 0 Å². The topological polar surface area (TPSA) is 54.4 Å². The third-order valence-corrected chi connectivity index (χ3v) is 4.02. The van der Waals surface area contributed by atoms with Crippen molar-refractivity contribution in [3.63, 3.8) is 0 Å². The van der Waals surface area contributed by atoms with E-state index in [9.17, 15) is 9.59 Å². The molecule has 3 heteroatoms. The van der Waals surface area contributed by atoms with Crippen LogP contribution < -0.4 is 0 Å². The summed E-state index contributed by atoms with van der Waals surface area (Å²) in [5.41, 5.74) is 2.88. The Bertz CT molecular complexity index is 491. The Morgan fingerprint density at radius 1 is 1.17 bits per heavy atom. The number of ketones is 1. The highest BCUT2D eigenvalue weighted by Crippen LogP contribution is 2.34. The molecule has 1 aliphatic carbocycles. The van der Waals surface area contributed by atoms with E-state index in [1.165, 1.54) is 0 Å². The minimum absolute atomic E-state index is 0.111. The minimum atomic E-state index is -0.772. The van der Waals surface area contributed by atoms with Crippen LogP contribution in [0.5, 0.6) is 0 Å². The molecule has 0 heterocycles. The molecule has 1 fully saturated rings. The first-order valence-electron chi connectivity index (χ1n) is 6.34. The normalized spacial score (nSPS) is 23.0. The van der Waals surface area contributed by atoms with E-state index < -0.39 is 5.97 Å². The lowest BCUT2D eigenvalue weighted by Crippen LogP contribution is -2.15. The van der Waals surface area contributed by atoms with Crippen molar-refractivity contribution in [3.05, 3.63) is 34.9 Å². The molecular weight excluding hydrogens is 228 g/mol. The van der Waals surface area contributed by atoms with Crippen molar-refractivity contribution in [1.29, 1.82) is 0 Å².